The maximum atomic E-state index is 12.3. The van der Waals surface area contributed by atoms with Crippen LogP contribution in [0.2, 0.25) is 5.02 Å². The summed E-state index contributed by atoms with van der Waals surface area (Å²) >= 11 is 6.58. The molecule has 0 radical (unpaired) electrons. The van der Waals surface area contributed by atoms with Crippen LogP contribution in [0.4, 0.5) is 5.13 Å². The zero-order chi connectivity index (χ0) is 19.4. The van der Waals surface area contributed by atoms with E-state index in [1.807, 2.05) is 13.0 Å². The molecule has 0 saturated heterocycles. The van der Waals surface area contributed by atoms with E-state index in [4.69, 9.17) is 11.6 Å². The minimum Gasteiger partial charge on any atom is -0.296 e. The summed E-state index contributed by atoms with van der Waals surface area (Å²) in [4.78, 5) is 12.2. The summed E-state index contributed by atoms with van der Waals surface area (Å²) in [5, 5.41) is 10.6. The van der Waals surface area contributed by atoms with E-state index in [1.165, 1.54) is 0 Å². The number of hydrogen-bond donors (Lipinski definition) is 2. The monoisotopic (exact) mass is 422 g/mol. The molecule has 7 nitrogen and oxygen atoms in total. The maximum absolute atomic E-state index is 12.3. The van der Waals surface area contributed by atoms with Crippen molar-refractivity contribution in [3.05, 3.63) is 70.2 Å². The highest BCUT2D eigenvalue weighted by Crippen LogP contribution is 2.21. The Labute approximate surface area is 165 Å². The van der Waals surface area contributed by atoms with Crippen LogP contribution in [0.5, 0.6) is 0 Å². The van der Waals surface area contributed by atoms with Crippen LogP contribution in [0.25, 0.3) is 0 Å². The fourth-order valence-corrected chi connectivity index (χ4v) is 4.25. The summed E-state index contributed by atoms with van der Waals surface area (Å²) in [6.45, 7) is 1.96. The molecule has 27 heavy (non-hydrogen) atoms. The zero-order valence-electron chi connectivity index (χ0n) is 14.1. The van der Waals surface area contributed by atoms with E-state index in [9.17, 15) is 13.2 Å². The first-order valence-electron chi connectivity index (χ1n) is 7.79. The number of hydrogen-bond acceptors (Lipinski definition) is 6. The second-order valence-electron chi connectivity index (χ2n) is 5.65. The molecule has 1 aromatic heterocycles. The maximum Gasteiger partial charge on any atom is 0.270 e. The van der Waals surface area contributed by atoms with Gasteiger partial charge in [-0.15, -0.1) is 10.2 Å². The van der Waals surface area contributed by atoms with E-state index < -0.39 is 10.0 Å². The predicted molar refractivity (Wildman–Crippen MR) is 105 cm³/mol. The number of carbonyl (C=O) groups excluding carboxylic acids is 1. The zero-order valence-corrected chi connectivity index (χ0v) is 16.5. The van der Waals surface area contributed by atoms with E-state index in [-0.39, 0.29) is 21.9 Å². The number of nitrogens with one attached hydrogen (secondary N) is 2. The Morgan fingerprint density at radius 3 is 2.59 bits per heavy atom. The molecule has 0 unspecified atom stereocenters. The first-order valence-corrected chi connectivity index (χ1v) is 10.5. The Kier molecular flexibility index (Phi) is 5.85. The van der Waals surface area contributed by atoms with E-state index >= 15 is 0 Å². The lowest BCUT2D eigenvalue weighted by molar-refractivity contribution is 0.102. The number of anilines is 1. The van der Waals surface area contributed by atoms with Crippen molar-refractivity contribution in [1.29, 1.82) is 0 Å². The van der Waals surface area contributed by atoms with Crippen molar-refractivity contribution < 1.29 is 13.2 Å². The molecule has 3 rings (SSSR count). The van der Waals surface area contributed by atoms with Gasteiger partial charge < -0.3 is 0 Å². The molecule has 140 valence electrons. The molecule has 2 N–H and O–H groups in total. The third-order valence-electron chi connectivity index (χ3n) is 3.52. The highest BCUT2D eigenvalue weighted by molar-refractivity contribution is 7.91. The molecular weight excluding hydrogens is 408 g/mol. The lowest BCUT2D eigenvalue weighted by atomic mass is 10.1. The number of amides is 1. The van der Waals surface area contributed by atoms with Crippen molar-refractivity contribution in [1.82, 2.24) is 14.9 Å². The molecule has 0 aliphatic rings. The van der Waals surface area contributed by atoms with Crippen molar-refractivity contribution >= 4 is 44.0 Å². The third kappa shape index (κ3) is 5.10. The molecule has 0 atom stereocenters. The molecule has 3 aromatic rings. The highest BCUT2D eigenvalue weighted by atomic mass is 35.5. The first kappa shape index (κ1) is 19.4. The quantitative estimate of drug-likeness (QED) is 0.594. The van der Waals surface area contributed by atoms with Gasteiger partial charge in [-0.25, -0.2) is 13.1 Å². The SMILES string of the molecule is Cc1cccc(C(=O)Nc2nnc(S(=O)(=O)NCc3ccc(Cl)cc3)s2)c1. The minimum atomic E-state index is -3.84. The standard InChI is InChI=1S/C17H15ClN4O3S2/c1-11-3-2-4-13(9-11)15(23)20-16-21-22-17(26-16)27(24,25)19-10-12-5-7-14(18)8-6-12/h2-9,19H,10H2,1H3,(H,20,21,23). The lowest BCUT2D eigenvalue weighted by Gasteiger charge is -2.04. The minimum absolute atomic E-state index is 0.0874. The number of sulfonamides is 1. The molecule has 0 saturated carbocycles. The van der Waals surface area contributed by atoms with Gasteiger partial charge in [0.25, 0.3) is 15.9 Å². The van der Waals surface area contributed by atoms with Crippen molar-refractivity contribution in [3.8, 4) is 0 Å². The number of carbonyl (C=O) groups is 1. The van der Waals surface area contributed by atoms with E-state index in [2.05, 4.69) is 20.2 Å². The van der Waals surface area contributed by atoms with Crippen molar-refractivity contribution in [3.63, 3.8) is 0 Å². The molecule has 0 aliphatic carbocycles. The topological polar surface area (TPSA) is 101 Å². The van der Waals surface area contributed by atoms with Crippen molar-refractivity contribution in [2.24, 2.45) is 0 Å². The van der Waals surface area contributed by atoms with Gasteiger partial charge in [0.05, 0.1) is 0 Å². The van der Waals surface area contributed by atoms with Crippen LogP contribution in [0.3, 0.4) is 0 Å². The molecular formula is C17H15ClN4O3S2. The van der Waals surface area contributed by atoms with E-state index in [0.29, 0.717) is 10.6 Å². The van der Waals surface area contributed by atoms with Gasteiger partial charge in [0.2, 0.25) is 9.47 Å². The first-order chi connectivity index (χ1) is 12.8. The third-order valence-corrected chi connectivity index (χ3v) is 6.38. The summed E-state index contributed by atoms with van der Waals surface area (Å²) in [6, 6.07) is 13.8. The van der Waals surface area contributed by atoms with Crippen LogP contribution in [0.1, 0.15) is 21.5 Å². The van der Waals surface area contributed by atoms with Gasteiger partial charge in [-0.05, 0) is 36.8 Å². The van der Waals surface area contributed by atoms with Crippen molar-refractivity contribution in [2.45, 2.75) is 17.8 Å². The molecule has 0 aliphatic heterocycles. The number of aromatic nitrogens is 2. The van der Waals surface area contributed by atoms with Gasteiger partial charge in [0.1, 0.15) is 0 Å². The van der Waals surface area contributed by atoms with E-state index in [0.717, 1.165) is 22.5 Å². The van der Waals surface area contributed by atoms with Crippen LogP contribution >= 0.6 is 22.9 Å². The largest absolute Gasteiger partial charge is 0.296 e. The normalized spacial score (nSPS) is 11.3. The second-order valence-corrected chi connectivity index (χ2v) is 9.00. The molecule has 1 heterocycles. The Morgan fingerprint density at radius 2 is 1.89 bits per heavy atom. The smallest absolute Gasteiger partial charge is 0.270 e. The predicted octanol–water partition coefficient (Wildman–Crippen LogP) is 3.23. The van der Waals surface area contributed by atoms with Crippen LogP contribution in [0.15, 0.2) is 52.9 Å². The fraction of sp³-hybridized carbons (Fsp3) is 0.118. The van der Waals surface area contributed by atoms with E-state index in [1.54, 1.807) is 42.5 Å². The number of nitrogens with zero attached hydrogens (tertiary/aromatic N) is 2. The van der Waals surface area contributed by atoms with Crippen LogP contribution in [-0.2, 0) is 16.6 Å². The lowest BCUT2D eigenvalue weighted by Crippen LogP contribution is -2.23. The average molecular weight is 423 g/mol. The molecule has 0 bridgehead atoms. The summed E-state index contributed by atoms with van der Waals surface area (Å²) in [5.41, 5.74) is 2.14. The molecule has 0 fully saturated rings. The summed E-state index contributed by atoms with van der Waals surface area (Å²) in [7, 11) is -3.84. The molecule has 1 amide bonds. The Bertz CT molecular complexity index is 1070. The number of rotatable bonds is 6. The summed E-state index contributed by atoms with van der Waals surface area (Å²) in [6.07, 6.45) is 0. The summed E-state index contributed by atoms with van der Waals surface area (Å²) < 4.78 is 26.9. The van der Waals surface area contributed by atoms with Gasteiger partial charge in [0.15, 0.2) is 0 Å². The number of halogens is 1. The Hall–Kier alpha value is -2.33. The Balaban J connectivity index is 1.66. The van der Waals surface area contributed by atoms with Crippen LogP contribution in [-0.4, -0.2) is 24.5 Å². The van der Waals surface area contributed by atoms with Gasteiger partial charge in [-0.3, -0.25) is 10.1 Å². The summed E-state index contributed by atoms with van der Waals surface area (Å²) in [5.74, 6) is -0.382. The second kappa shape index (κ2) is 8.13. The van der Waals surface area contributed by atoms with Gasteiger partial charge >= 0.3 is 0 Å². The fourth-order valence-electron chi connectivity index (χ4n) is 2.17. The van der Waals surface area contributed by atoms with Crippen molar-refractivity contribution in [2.75, 3.05) is 5.32 Å². The highest BCUT2D eigenvalue weighted by Gasteiger charge is 2.21. The van der Waals surface area contributed by atoms with Gasteiger partial charge in [0, 0.05) is 17.1 Å². The number of aryl methyl sites for hydroxylation is 1. The Morgan fingerprint density at radius 1 is 1.15 bits per heavy atom. The molecule has 2 aromatic carbocycles. The van der Waals surface area contributed by atoms with Gasteiger partial charge in [-0.2, -0.15) is 0 Å². The van der Waals surface area contributed by atoms with Crippen LogP contribution < -0.4 is 10.0 Å². The number of benzene rings is 2. The molecule has 0 spiro atoms. The molecule has 10 heteroatoms. The van der Waals surface area contributed by atoms with Gasteiger partial charge in [-0.1, -0.05) is 52.8 Å². The van der Waals surface area contributed by atoms with Crippen LogP contribution in [0, 0.1) is 6.92 Å². The average Bonchev–Trinajstić information content (AvgIpc) is 3.11.